The lowest BCUT2D eigenvalue weighted by Gasteiger charge is -2.26. The number of amides is 1. The monoisotopic (exact) mass is 496 g/mol. The molecule has 1 amide bonds. The normalized spacial score (nSPS) is 15.5. The molecule has 8 heteroatoms. The van der Waals surface area contributed by atoms with Gasteiger partial charge >= 0.3 is 0 Å². The number of ether oxygens (including phenoxy) is 1. The van der Waals surface area contributed by atoms with E-state index in [-0.39, 0.29) is 24.1 Å². The molecule has 1 N–H and O–H groups in total. The molecule has 1 saturated heterocycles. The Morgan fingerprint density at radius 1 is 1.03 bits per heavy atom. The molecule has 5 aromatic rings. The fourth-order valence-electron chi connectivity index (χ4n) is 4.72. The van der Waals surface area contributed by atoms with Gasteiger partial charge in [0.05, 0.1) is 45.2 Å². The number of aromatic amines is 1. The van der Waals surface area contributed by atoms with E-state index >= 15 is 0 Å². The summed E-state index contributed by atoms with van der Waals surface area (Å²) in [6.45, 7) is 1.28. The van der Waals surface area contributed by atoms with E-state index in [9.17, 15) is 9.59 Å². The van der Waals surface area contributed by atoms with E-state index in [2.05, 4.69) is 9.97 Å². The third kappa shape index (κ3) is 4.41. The fourth-order valence-corrected chi connectivity index (χ4v) is 5.40. The molecule has 36 heavy (non-hydrogen) atoms. The summed E-state index contributed by atoms with van der Waals surface area (Å²) in [5.41, 5.74) is 2.50. The number of hydrogen-bond acceptors (Lipinski definition) is 6. The van der Waals surface area contributed by atoms with Gasteiger partial charge in [-0.1, -0.05) is 36.4 Å². The standard InChI is InChI=1S/C28H24N4O3S/c33-27-20-9-2-4-11-23(20)30-26(31-27)17-32(16-18-7-5-13-35-18)28(34)21-15-24(25-12-6-14-36-25)29-22-10-3-1-8-19(21)22/h1-4,6,8-12,14-15,18H,5,7,13,16-17H2,(H,30,31,33)/t18-/m0/s1. The molecule has 1 aliphatic rings. The van der Waals surface area contributed by atoms with Gasteiger partial charge in [0.1, 0.15) is 5.82 Å². The zero-order chi connectivity index (χ0) is 24.5. The summed E-state index contributed by atoms with van der Waals surface area (Å²) in [5, 5.41) is 3.32. The van der Waals surface area contributed by atoms with Crippen molar-refractivity contribution in [2.75, 3.05) is 13.2 Å². The highest BCUT2D eigenvalue weighted by Gasteiger charge is 2.26. The van der Waals surface area contributed by atoms with Crippen LogP contribution in [0.5, 0.6) is 0 Å². The van der Waals surface area contributed by atoms with Crippen molar-refractivity contribution in [3.8, 4) is 10.6 Å². The third-order valence-corrected chi connectivity index (χ3v) is 7.35. The number of nitrogens with one attached hydrogen (secondary N) is 1. The summed E-state index contributed by atoms with van der Waals surface area (Å²) in [4.78, 5) is 41.9. The Kier molecular flexibility index (Phi) is 6.04. The van der Waals surface area contributed by atoms with Gasteiger partial charge in [-0.3, -0.25) is 9.59 Å². The van der Waals surface area contributed by atoms with Crippen molar-refractivity contribution in [1.82, 2.24) is 19.9 Å². The van der Waals surface area contributed by atoms with Crippen LogP contribution in [0.2, 0.25) is 0 Å². The molecular formula is C28H24N4O3S. The first-order valence-corrected chi connectivity index (χ1v) is 12.9. The Labute approximate surface area is 211 Å². The molecule has 1 fully saturated rings. The molecule has 0 aliphatic carbocycles. The van der Waals surface area contributed by atoms with Crippen molar-refractivity contribution in [2.24, 2.45) is 0 Å². The number of carbonyl (C=O) groups is 1. The average Bonchev–Trinajstić information content (AvgIpc) is 3.62. The second kappa shape index (κ2) is 9.64. The van der Waals surface area contributed by atoms with Crippen LogP contribution in [0.15, 0.2) is 76.9 Å². The van der Waals surface area contributed by atoms with Crippen LogP contribution in [0.1, 0.15) is 29.0 Å². The summed E-state index contributed by atoms with van der Waals surface area (Å²) < 4.78 is 5.87. The van der Waals surface area contributed by atoms with Crippen LogP contribution in [-0.4, -0.2) is 45.0 Å². The second-order valence-electron chi connectivity index (χ2n) is 8.90. The number of pyridine rings is 1. The Bertz CT molecular complexity index is 1610. The molecule has 0 spiro atoms. The molecular weight excluding hydrogens is 472 g/mol. The lowest BCUT2D eigenvalue weighted by atomic mass is 10.0. The number of aromatic nitrogens is 3. The molecule has 2 aromatic carbocycles. The molecule has 4 heterocycles. The van der Waals surface area contributed by atoms with Crippen LogP contribution in [-0.2, 0) is 11.3 Å². The van der Waals surface area contributed by atoms with Crippen molar-refractivity contribution < 1.29 is 9.53 Å². The molecule has 6 rings (SSSR count). The fraction of sp³-hybridized carbons (Fsp3) is 0.214. The predicted molar refractivity (Wildman–Crippen MR) is 141 cm³/mol. The Morgan fingerprint density at radius 3 is 2.56 bits per heavy atom. The van der Waals surface area contributed by atoms with E-state index in [1.165, 1.54) is 0 Å². The minimum Gasteiger partial charge on any atom is -0.376 e. The van der Waals surface area contributed by atoms with Crippen molar-refractivity contribution >= 4 is 39.0 Å². The molecule has 1 aliphatic heterocycles. The SMILES string of the molecule is O=C(c1cc(-c2cccs2)nc2ccccc12)N(Cc1nc2ccccc2c(=O)[nH]1)C[C@@H]1CCCO1. The Hall–Kier alpha value is -3.88. The predicted octanol–water partition coefficient (Wildman–Crippen LogP) is 5.02. The average molecular weight is 497 g/mol. The Balaban J connectivity index is 1.43. The van der Waals surface area contributed by atoms with Gasteiger partial charge in [0.2, 0.25) is 0 Å². The minimum atomic E-state index is -0.213. The zero-order valence-electron chi connectivity index (χ0n) is 19.5. The smallest absolute Gasteiger partial charge is 0.258 e. The van der Waals surface area contributed by atoms with Gasteiger partial charge in [-0.25, -0.2) is 9.97 Å². The summed E-state index contributed by atoms with van der Waals surface area (Å²) in [6.07, 6.45) is 1.81. The largest absolute Gasteiger partial charge is 0.376 e. The number of rotatable bonds is 6. The van der Waals surface area contributed by atoms with E-state index in [1.807, 2.05) is 66.0 Å². The van der Waals surface area contributed by atoms with Crippen molar-refractivity contribution in [2.45, 2.75) is 25.5 Å². The summed E-state index contributed by atoms with van der Waals surface area (Å²) in [7, 11) is 0. The number of thiophene rings is 1. The third-order valence-electron chi connectivity index (χ3n) is 6.46. The topological polar surface area (TPSA) is 88.2 Å². The molecule has 1 atom stereocenters. The molecule has 0 unspecified atom stereocenters. The highest BCUT2D eigenvalue weighted by atomic mass is 32.1. The van der Waals surface area contributed by atoms with Gasteiger partial charge in [-0.15, -0.1) is 11.3 Å². The van der Waals surface area contributed by atoms with Gasteiger partial charge in [0.25, 0.3) is 11.5 Å². The van der Waals surface area contributed by atoms with E-state index in [4.69, 9.17) is 9.72 Å². The zero-order valence-corrected chi connectivity index (χ0v) is 20.3. The van der Waals surface area contributed by atoms with Crippen molar-refractivity contribution in [1.29, 1.82) is 0 Å². The van der Waals surface area contributed by atoms with Gasteiger partial charge in [-0.05, 0) is 48.6 Å². The summed E-state index contributed by atoms with van der Waals surface area (Å²) in [6, 6.07) is 20.8. The molecule has 180 valence electrons. The molecule has 0 bridgehead atoms. The first-order valence-electron chi connectivity index (χ1n) is 12.0. The number of benzene rings is 2. The van der Waals surface area contributed by atoms with Crippen LogP contribution in [0.4, 0.5) is 0 Å². The van der Waals surface area contributed by atoms with E-state index in [1.54, 1.807) is 22.3 Å². The lowest BCUT2D eigenvalue weighted by molar-refractivity contribution is 0.0502. The quantitative estimate of drug-likeness (QED) is 0.357. The maximum atomic E-state index is 14.1. The Morgan fingerprint density at radius 2 is 1.81 bits per heavy atom. The second-order valence-corrected chi connectivity index (χ2v) is 9.85. The number of fused-ring (bicyclic) bond motifs is 2. The summed E-state index contributed by atoms with van der Waals surface area (Å²) >= 11 is 1.59. The minimum absolute atomic E-state index is 0.0500. The van der Waals surface area contributed by atoms with Crippen LogP contribution < -0.4 is 5.56 Å². The van der Waals surface area contributed by atoms with E-state index in [0.29, 0.717) is 35.4 Å². The van der Waals surface area contributed by atoms with E-state index in [0.717, 1.165) is 34.3 Å². The van der Waals surface area contributed by atoms with Gasteiger partial charge < -0.3 is 14.6 Å². The molecule has 0 saturated carbocycles. The van der Waals surface area contributed by atoms with Crippen molar-refractivity contribution in [3.05, 3.63) is 93.9 Å². The maximum absolute atomic E-state index is 14.1. The van der Waals surface area contributed by atoms with Gasteiger partial charge in [-0.2, -0.15) is 0 Å². The number of carbonyl (C=O) groups excluding carboxylic acids is 1. The van der Waals surface area contributed by atoms with Crippen LogP contribution >= 0.6 is 11.3 Å². The first-order chi connectivity index (χ1) is 17.7. The maximum Gasteiger partial charge on any atom is 0.258 e. The highest BCUT2D eigenvalue weighted by molar-refractivity contribution is 7.13. The number of H-pyrrole nitrogens is 1. The highest BCUT2D eigenvalue weighted by Crippen LogP contribution is 2.29. The lowest BCUT2D eigenvalue weighted by Crippen LogP contribution is -2.38. The van der Waals surface area contributed by atoms with Gasteiger partial charge in [0.15, 0.2) is 0 Å². The van der Waals surface area contributed by atoms with Crippen LogP contribution in [0.3, 0.4) is 0 Å². The molecule has 3 aromatic heterocycles. The number of para-hydroxylation sites is 2. The molecule has 0 radical (unpaired) electrons. The first kappa shape index (κ1) is 22.6. The van der Waals surface area contributed by atoms with E-state index < -0.39 is 0 Å². The van der Waals surface area contributed by atoms with Gasteiger partial charge in [0, 0.05) is 18.5 Å². The van der Waals surface area contributed by atoms with Crippen molar-refractivity contribution in [3.63, 3.8) is 0 Å². The van der Waals surface area contributed by atoms with Crippen LogP contribution in [0, 0.1) is 0 Å². The van der Waals surface area contributed by atoms with Crippen LogP contribution in [0.25, 0.3) is 32.4 Å². The number of hydrogen-bond donors (Lipinski definition) is 1. The molecule has 7 nitrogen and oxygen atoms in total. The summed E-state index contributed by atoms with van der Waals surface area (Å²) in [5.74, 6) is 0.305. The number of nitrogens with zero attached hydrogens (tertiary/aromatic N) is 3.